The largest absolute Gasteiger partial charge is 0.393 e. The second-order valence-electron chi connectivity index (χ2n) is 8.03. The van der Waals surface area contributed by atoms with Crippen LogP contribution in [0, 0.1) is 5.92 Å². The summed E-state index contributed by atoms with van der Waals surface area (Å²) in [5, 5.41) is 13.8. The Labute approximate surface area is 187 Å². The number of ether oxygens (including phenoxy) is 1. The topological polar surface area (TPSA) is 95.9 Å². The Morgan fingerprint density at radius 2 is 1.84 bits per heavy atom. The van der Waals surface area contributed by atoms with E-state index in [9.17, 15) is 18.3 Å². The van der Waals surface area contributed by atoms with Gasteiger partial charge < -0.3 is 15.2 Å². The van der Waals surface area contributed by atoms with Gasteiger partial charge in [-0.1, -0.05) is 23.7 Å². The average Bonchev–Trinajstić information content (AvgIpc) is 2.74. The zero-order valence-corrected chi connectivity index (χ0v) is 18.6. The normalized spacial score (nSPS) is 26.0. The van der Waals surface area contributed by atoms with Crippen molar-refractivity contribution < 1.29 is 23.1 Å². The molecule has 9 heteroatoms. The minimum absolute atomic E-state index is 0.0482. The van der Waals surface area contributed by atoms with Crippen molar-refractivity contribution in [2.24, 2.45) is 5.92 Å². The second-order valence-corrected chi connectivity index (χ2v) is 10.3. The van der Waals surface area contributed by atoms with Gasteiger partial charge in [0.25, 0.3) is 0 Å². The number of aliphatic hydroxyl groups is 1. The molecule has 1 saturated carbocycles. The standard InChI is InChI=1S/C22H25ClN2O5S/c1-30-13-21(27)24-16-6-2-14(3-7-16)22-19-11-8-17(12-20(19)26)25(22)31(28,29)18-9-4-15(23)5-10-18/h2-7,9-10,17,19-20,22,26H,8,11-13H2,1H3,(H,24,27)/t17-,19+,20-,22+/m0/s1. The molecule has 2 N–H and O–H groups in total. The van der Waals surface area contributed by atoms with Gasteiger partial charge in [-0.15, -0.1) is 0 Å². The van der Waals surface area contributed by atoms with E-state index in [0.29, 0.717) is 17.1 Å². The highest BCUT2D eigenvalue weighted by atomic mass is 35.5. The first-order valence-electron chi connectivity index (χ1n) is 10.2. The van der Waals surface area contributed by atoms with Crippen LogP contribution < -0.4 is 5.32 Å². The molecular formula is C22H25ClN2O5S. The van der Waals surface area contributed by atoms with Crippen molar-refractivity contribution in [1.82, 2.24) is 4.31 Å². The van der Waals surface area contributed by atoms with Gasteiger partial charge >= 0.3 is 0 Å². The van der Waals surface area contributed by atoms with Crippen molar-refractivity contribution in [2.75, 3.05) is 19.0 Å². The summed E-state index contributed by atoms with van der Waals surface area (Å²) in [7, 11) is -2.34. The zero-order valence-electron chi connectivity index (χ0n) is 17.1. The van der Waals surface area contributed by atoms with Crippen LogP contribution in [-0.2, 0) is 19.6 Å². The Hall–Kier alpha value is -1.97. The highest BCUT2D eigenvalue weighted by Gasteiger charge is 2.52. The van der Waals surface area contributed by atoms with Gasteiger partial charge in [0.05, 0.1) is 17.0 Å². The summed E-state index contributed by atoms with van der Waals surface area (Å²) in [6.07, 6.45) is 1.35. The molecule has 0 aromatic heterocycles. The number of benzene rings is 2. The molecule has 1 amide bonds. The molecule has 4 atom stereocenters. The predicted molar refractivity (Wildman–Crippen MR) is 117 cm³/mol. The molecular weight excluding hydrogens is 440 g/mol. The number of methoxy groups -OCH3 is 1. The monoisotopic (exact) mass is 464 g/mol. The smallest absolute Gasteiger partial charge is 0.250 e. The molecule has 2 aromatic rings. The number of fused-ring (bicyclic) bond motifs is 3. The number of sulfonamides is 1. The maximum atomic E-state index is 13.6. The summed E-state index contributed by atoms with van der Waals surface area (Å²) in [6, 6.07) is 12.5. The van der Waals surface area contributed by atoms with Crippen LogP contribution in [0.2, 0.25) is 5.02 Å². The van der Waals surface area contributed by atoms with Crippen LogP contribution in [0.25, 0.3) is 0 Å². The number of amides is 1. The van der Waals surface area contributed by atoms with E-state index < -0.39 is 22.2 Å². The van der Waals surface area contributed by atoms with E-state index >= 15 is 0 Å². The summed E-state index contributed by atoms with van der Waals surface area (Å²) in [5.41, 5.74) is 1.38. The third-order valence-electron chi connectivity index (χ3n) is 6.08. The van der Waals surface area contributed by atoms with Gasteiger partial charge in [-0.3, -0.25) is 4.79 Å². The van der Waals surface area contributed by atoms with Gasteiger partial charge in [0.1, 0.15) is 6.61 Å². The number of nitrogens with one attached hydrogen (secondary N) is 1. The molecule has 2 heterocycles. The number of anilines is 1. The van der Waals surface area contributed by atoms with Crippen LogP contribution in [0.5, 0.6) is 0 Å². The summed E-state index contributed by atoms with van der Waals surface area (Å²) in [4.78, 5) is 11.9. The number of piperidine rings is 2. The minimum Gasteiger partial charge on any atom is -0.393 e. The van der Waals surface area contributed by atoms with Gasteiger partial charge in [0.15, 0.2) is 0 Å². The molecule has 3 aliphatic rings. The van der Waals surface area contributed by atoms with E-state index in [0.717, 1.165) is 18.4 Å². The Morgan fingerprint density at radius 3 is 2.45 bits per heavy atom. The highest BCUT2D eigenvalue weighted by molar-refractivity contribution is 7.89. The fourth-order valence-electron chi connectivity index (χ4n) is 4.72. The van der Waals surface area contributed by atoms with Crippen molar-refractivity contribution >= 4 is 33.2 Å². The first-order chi connectivity index (χ1) is 14.8. The quantitative estimate of drug-likeness (QED) is 0.684. The van der Waals surface area contributed by atoms with Crippen LogP contribution in [0.3, 0.4) is 0 Å². The fourth-order valence-corrected chi connectivity index (χ4v) is 6.73. The van der Waals surface area contributed by atoms with E-state index in [1.165, 1.54) is 19.2 Å². The Balaban J connectivity index is 1.68. The molecule has 0 spiro atoms. The van der Waals surface area contributed by atoms with Crippen LogP contribution in [0.4, 0.5) is 5.69 Å². The van der Waals surface area contributed by atoms with Gasteiger partial charge in [-0.05, 0) is 61.2 Å². The lowest BCUT2D eigenvalue weighted by Crippen LogP contribution is -2.57. The summed E-state index contributed by atoms with van der Waals surface area (Å²) >= 11 is 5.95. The van der Waals surface area contributed by atoms with Gasteiger partial charge in [0.2, 0.25) is 15.9 Å². The summed E-state index contributed by atoms with van der Waals surface area (Å²) in [6.45, 7) is -0.0482. The number of nitrogens with zero attached hydrogens (tertiary/aromatic N) is 1. The Kier molecular flexibility index (Phi) is 6.37. The number of hydrogen-bond acceptors (Lipinski definition) is 5. The Bertz CT molecular complexity index is 1040. The number of carbonyl (C=O) groups excluding carboxylic acids is 1. The molecule has 2 bridgehead atoms. The van der Waals surface area contributed by atoms with Gasteiger partial charge in [-0.25, -0.2) is 8.42 Å². The minimum atomic E-state index is -3.79. The maximum absolute atomic E-state index is 13.6. The molecule has 31 heavy (non-hydrogen) atoms. The number of rotatable bonds is 6. The number of hydrogen-bond donors (Lipinski definition) is 2. The van der Waals surface area contributed by atoms with Crippen LogP contribution in [-0.4, -0.2) is 49.6 Å². The first-order valence-corrected chi connectivity index (χ1v) is 12.0. The van der Waals surface area contributed by atoms with Crippen molar-refractivity contribution in [3.8, 4) is 0 Å². The molecule has 2 aliphatic heterocycles. The number of halogens is 1. The van der Waals surface area contributed by atoms with Crippen LogP contribution >= 0.6 is 11.6 Å². The fraction of sp³-hybridized carbons (Fsp3) is 0.409. The molecule has 0 unspecified atom stereocenters. The lowest BCUT2D eigenvalue weighted by Gasteiger charge is -2.52. The molecule has 166 valence electrons. The zero-order chi connectivity index (χ0) is 22.2. The molecule has 5 rings (SSSR count). The van der Waals surface area contributed by atoms with E-state index in [2.05, 4.69) is 5.32 Å². The second kappa shape index (κ2) is 8.88. The number of carbonyl (C=O) groups is 1. The molecule has 2 saturated heterocycles. The van der Waals surface area contributed by atoms with E-state index in [1.54, 1.807) is 28.6 Å². The summed E-state index contributed by atoms with van der Waals surface area (Å²) in [5.74, 6) is -0.463. The average molecular weight is 465 g/mol. The molecule has 2 aromatic carbocycles. The van der Waals surface area contributed by atoms with E-state index in [1.807, 2.05) is 12.1 Å². The molecule has 7 nitrogen and oxygen atoms in total. The summed E-state index contributed by atoms with van der Waals surface area (Å²) < 4.78 is 33.6. The van der Waals surface area contributed by atoms with E-state index in [4.69, 9.17) is 16.3 Å². The van der Waals surface area contributed by atoms with Crippen molar-refractivity contribution in [2.45, 2.75) is 42.3 Å². The lowest BCUT2D eigenvalue weighted by atomic mass is 9.72. The van der Waals surface area contributed by atoms with Crippen molar-refractivity contribution in [3.63, 3.8) is 0 Å². The maximum Gasteiger partial charge on any atom is 0.250 e. The highest BCUT2D eigenvalue weighted by Crippen LogP contribution is 2.50. The third-order valence-corrected chi connectivity index (χ3v) is 8.28. The number of aliphatic hydroxyl groups excluding tert-OH is 1. The predicted octanol–water partition coefficient (Wildman–Crippen LogP) is 3.20. The van der Waals surface area contributed by atoms with Gasteiger partial charge in [0, 0.05) is 29.8 Å². The third kappa shape index (κ3) is 4.36. The molecule has 1 aliphatic carbocycles. The SMILES string of the molecule is COCC(=O)Nc1ccc([C@@H]2[C@@H]3CC[C@@H](C[C@@H]3O)N2S(=O)(=O)c2ccc(Cl)cc2)cc1. The van der Waals surface area contributed by atoms with E-state index in [-0.39, 0.29) is 29.4 Å². The first kappa shape index (κ1) is 22.2. The Morgan fingerprint density at radius 1 is 1.16 bits per heavy atom. The van der Waals surface area contributed by atoms with Crippen LogP contribution in [0.1, 0.15) is 30.9 Å². The van der Waals surface area contributed by atoms with Gasteiger partial charge in [-0.2, -0.15) is 4.31 Å². The molecule has 0 radical (unpaired) electrons. The van der Waals surface area contributed by atoms with Crippen LogP contribution in [0.15, 0.2) is 53.4 Å². The molecule has 3 fully saturated rings. The lowest BCUT2D eigenvalue weighted by molar-refractivity contribution is -0.119. The van der Waals surface area contributed by atoms with Crippen molar-refractivity contribution in [3.05, 3.63) is 59.1 Å². The van der Waals surface area contributed by atoms with Crippen molar-refractivity contribution in [1.29, 1.82) is 0 Å².